The fourth-order valence-corrected chi connectivity index (χ4v) is 2.66. The number of rotatable bonds is 7. The van der Waals surface area contributed by atoms with Crippen LogP contribution in [-0.4, -0.2) is 35.7 Å². The summed E-state index contributed by atoms with van der Waals surface area (Å²) in [5.41, 5.74) is 1.23. The SMILES string of the molecule is CCCCOc1cccc(CN2CCC(C(=O)O)CC2)c1. The molecule has 0 spiro atoms. The Morgan fingerprint density at radius 2 is 2.14 bits per heavy atom. The minimum atomic E-state index is -0.652. The molecule has 4 heteroatoms. The Bertz CT molecular complexity index is 453. The van der Waals surface area contributed by atoms with Gasteiger partial charge in [-0.25, -0.2) is 0 Å². The number of carbonyl (C=O) groups is 1. The van der Waals surface area contributed by atoms with Gasteiger partial charge in [0, 0.05) is 6.54 Å². The van der Waals surface area contributed by atoms with Crippen LogP contribution in [0.5, 0.6) is 5.75 Å². The van der Waals surface area contributed by atoms with E-state index in [2.05, 4.69) is 24.0 Å². The van der Waals surface area contributed by atoms with Crippen LogP contribution in [0.15, 0.2) is 24.3 Å². The fraction of sp³-hybridized carbons (Fsp3) is 0.588. The molecule has 2 rings (SSSR count). The van der Waals surface area contributed by atoms with Crippen molar-refractivity contribution in [1.29, 1.82) is 0 Å². The highest BCUT2D eigenvalue weighted by molar-refractivity contribution is 5.70. The molecule has 21 heavy (non-hydrogen) atoms. The molecular formula is C17H25NO3. The number of hydrogen-bond donors (Lipinski definition) is 1. The lowest BCUT2D eigenvalue weighted by molar-refractivity contribution is -0.143. The van der Waals surface area contributed by atoms with Gasteiger partial charge in [-0.05, 0) is 50.0 Å². The van der Waals surface area contributed by atoms with E-state index in [1.807, 2.05) is 12.1 Å². The Balaban J connectivity index is 1.83. The van der Waals surface area contributed by atoms with Crippen molar-refractivity contribution in [2.24, 2.45) is 5.92 Å². The molecule has 0 atom stereocenters. The van der Waals surface area contributed by atoms with E-state index in [9.17, 15) is 4.79 Å². The highest BCUT2D eigenvalue weighted by Crippen LogP contribution is 2.21. The molecule has 1 N–H and O–H groups in total. The Hall–Kier alpha value is -1.55. The summed E-state index contributed by atoms with van der Waals surface area (Å²) in [5.74, 6) is 0.118. The maximum Gasteiger partial charge on any atom is 0.306 e. The highest BCUT2D eigenvalue weighted by Gasteiger charge is 2.24. The van der Waals surface area contributed by atoms with Crippen molar-refractivity contribution in [3.63, 3.8) is 0 Å². The smallest absolute Gasteiger partial charge is 0.306 e. The van der Waals surface area contributed by atoms with Crippen LogP contribution in [0.4, 0.5) is 0 Å². The van der Waals surface area contributed by atoms with Crippen molar-refractivity contribution in [1.82, 2.24) is 4.90 Å². The lowest BCUT2D eigenvalue weighted by Crippen LogP contribution is -2.35. The molecule has 0 bridgehead atoms. The van der Waals surface area contributed by atoms with Crippen molar-refractivity contribution < 1.29 is 14.6 Å². The van der Waals surface area contributed by atoms with Gasteiger partial charge in [0.05, 0.1) is 12.5 Å². The summed E-state index contributed by atoms with van der Waals surface area (Å²) in [6, 6.07) is 8.23. The summed E-state index contributed by atoms with van der Waals surface area (Å²) in [5, 5.41) is 9.02. The van der Waals surface area contributed by atoms with Crippen LogP contribution in [0, 0.1) is 5.92 Å². The molecular weight excluding hydrogens is 266 g/mol. The number of likely N-dealkylation sites (tertiary alicyclic amines) is 1. The Kier molecular flexibility index (Phi) is 6.05. The van der Waals surface area contributed by atoms with Crippen LogP contribution < -0.4 is 4.74 Å². The molecule has 0 radical (unpaired) electrons. The maximum absolute atomic E-state index is 11.0. The molecule has 1 saturated heterocycles. The second-order valence-electron chi connectivity index (χ2n) is 5.74. The minimum Gasteiger partial charge on any atom is -0.494 e. The van der Waals surface area contributed by atoms with Crippen molar-refractivity contribution in [2.45, 2.75) is 39.2 Å². The Labute approximate surface area is 126 Å². The summed E-state index contributed by atoms with van der Waals surface area (Å²) in [6.07, 6.45) is 3.72. The lowest BCUT2D eigenvalue weighted by atomic mass is 9.97. The number of aliphatic carboxylic acids is 1. The molecule has 1 aliphatic heterocycles. The van der Waals surface area contributed by atoms with E-state index < -0.39 is 5.97 Å². The number of ether oxygens (including phenoxy) is 1. The van der Waals surface area contributed by atoms with E-state index >= 15 is 0 Å². The molecule has 0 saturated carbocycles. The molecule has 1 fully saturated rings. The third kappa shape index (κ3) is 5.05. The first-order valence-corrected chi connectivity index (χ1v) is 7.86. The largest absolute Gasteiger partial charge is 0.494 e. The number of piperidine rings is 1. The molecule has 0 unspecified atom stereocenters. The molecule has 1 aliphatic rings. The van der Waals surface area contributed by atoms with Crippen LogP contribution in [0.2, 0.25) is 0 Å². The van der Waals surface area contributed by atoms with Crippen LogP contribution >= 0.6 is 0 Å². The van der Waals surface area contributed by atoms with Gasteiger partial charge in [-0.3, -0.25) is 9.69 Å². The predicted octanol–water partition coefficient (Wildman–Crippen LogP) is 3.16. The molecule has 1 aromatic carbocycles. The molecule has 0 aromatic heterocycles. The summed E-state index contributed by atoms with van der Waals surface area (Å²) >= 11 is 0. The van der Waals surface area contributed by atoms with Crippen LogP contribution in [0.1, 0.15) is 38.2 Å². The monoisotopic (exact) mass is 291 g/mol. The van der Waals surface area contributed by atoms with Crippen molar-refractivity contribution >= 4 is 5.97 Å². The molecule has 0 amide bonds. The second-order valence-corrected chi connectivity index (χ2v) is 5.74. The average Bonchev–Trinajstić information content (AvgIpc) is 2.48. The molecule has 1 heterocycles. The van der Waals surface area contributed by atoms with E-state index in [1.54, 1.807) is 0 Å². The summed E-state index contributed by atoms with van der Waals surface area (Å²) in [7, 11) is 0. The van der Waals surface area contributed by atoms with Crippen LogP contribution in [-0.2, 0) is 11.3 Å². The van der Waals surface area contributed by atoms with E-state index in [4.69, 9.17) is 9.84 Å². The van der Waals surface area contributed by atoms with Crippen LogP contribution in [0.3, 0.4) is 0 Å². The fourth-order valence-electron chi connectivity index (χ4n) is 2.66. The van der Waals surface area contributed by atoms with Crippen molar-refractivity contribution in [3.05, 3.63) is 29.8 Å². The summed E-state index contributed by atoms with van der Waals surface area (Å²) in [6.45, 7) is 5.51. The first-order valence-electron chi connectivity index (χ1n) is 7.86. The zero-order chi connectivity index (χ0) is 15.1. The number of carboxylic acids is 1. The van der Waals surface area contributed by atoms with Gasteiger partial charge in [-0.15, -0.1) is 0 Å². The van der Waals surface area contributed by atoms with Crippen molar-refractivity contribution in [3.8, 4) is 5.75 Å². The number of unbranched alkanes of at least 4 members (excludes halogenated alkanes) is 1. The van der Waals surface area contributed by atoms with Gasteiger partial charge in [-0.2, -0.15) is 0 Å². The van der Waals surface area contributed by atoms with Gasteiger partial charge in [0.25, 0.3) is 0 Å². The molecule has 0 aliphatic carbocycles. The Morgan fingerprint density at radius 1 is 1.38 bits per heavy atom. The third-order valence-electron chi connectivity index (χ3n) is 4.01. The topological polar surface area (TPSA) is 49.8 Å². The first kappa shape index (κ1) is 15.8. The van der Waals surface area contributed by atoms with Gasteiger partial charge >= 0.3 is 5.97 Å². The molecule has 4 nitrogen and oxygen atoms in total. The van der Waals surface area contributed by atoms with Crippen LogP contribution in [0.25, 0.3) is 0 Å². The van der Waals surface area contributed by atoms with E-state index in [1.165, 1.54) is 5.56 Å². The number of benzene rings is 1. The predicted molar refractivity (Wildman–Crippen MR) is 82.5 cm³/mol. The Morgan fingerprint density at radius 3 is 2.81 bits per heavy atom. The van der Waals surface area contributed by atoms with E-state index in [0.29, 0.717) is 0 Å². The van der Waals surface area contributed by atoms with Gasteiger partial charge in [-0.1, -0.05) is 25.5 Å². The zero-order valence-electron chi connectivity index (χ0n) is 12.8. The first-order chi connectivity index (χ1) is 10.2. The zero-order valence-corrected chi connectivity index (χ0v) is 12.8. The minimum absolute atomic E-state index is 0.162. The van der Waals surface area contributed by atoms with Gasteiger partial charge in [0.1, 0.15) is 5.75 Å². The summed E-state index contributed by atoms with van der Waals surface area (Å²) < 4.78 is 5.73. The highest BCUT2D eigenvalue weighted by atomic mass is 16.5. The van der Waals surface area contributed by atoms with E-state index in [0.717, 1.165) is 57.7 Å². The standard InChI is InChI=1S/C17H25NO3/c1-2-3-11-21-16-6-4-5-14(12-16)13-18-9-7-15(8-10-18)17(19)20/h4-6,12,15H,2-3,7-11,13H2,1H3,(H,19,20). The van der Waals surface area contributed by atoms with Gasteiger partial charge in [0.15, 0.2) is 0 Å². The third-order valence-corrected chi connectivity index (χ3v) is 4.01. The summed E-state index contributed by atoms with van der Waals surface area (Å²) in [4.78, 5) is 13.3. The molecule has 116 valence electrons. The number of hydrogen-bond acceptors (Lipinski definition) is 3. The van der Waals surface area contributed by atoms with Gasteiger partial charge in [0.2, 0.25) is 0 Å². The average molecular weight is 291 g/mol. The quantitative estimate of drug-likeness (QED) is 0.784. The van der Waals surface area contributed by atoms with Gasteiger partial charge < -0.3 is 9.84 Å². The lowest BCUT2D eigenvalue weighted by Gasteiger charge is -2.30. The van der Waals surface area contributed by atoms with Crippen molar-refractivity contribution in [2.75, 3.05) is 19.7 Å². The second kappa shape index (κ2) is 8.03. The normalized spacial score (nSPS) is 16.8. The van der Waals surface area contributed by atoms with E-state index in [-0.39, 0.29) is 5.92 Å². The number of carboxylic acid groups (broad SMARTS) is 1. The number of nitrogens with zero attached hydrogens (tertiary/aromatic N) is 1. The molecule has 1 aromatic rings. The maximum atomic E-state index is 11.0.